The number of hydrogen-bond acceptors (Lipinski definition) is 4. The molecule has 0 saturated heterocycles. The van der Waals surface area contributed by atoms with Crippen LogP contribution in [0.1, 0.15) is 51.7 Å². The predicted octanol–water partition coefficient (Wildman–Crippen LogP) is 10.1. The second-order valence-corrected chi connectivity index (χ2v) is 13.9. The largest absolute Gasteiger partial charge is 2.00 e. The van der Waals surface area contributed by atoms with Gasteiger partial charge in [-0.3, -0.25) is 4.40 Å². The molecule has 0 atom stereocenters. The van der Waals surface area contributed by atoms with Crippen molar-refractivity contribution in [3.8, 4) is 23.0 Å². The first-order chi connectivity index (χ1) is 23.7. The Bertz CT molecular complexity index is 2710. The molecule has 0 bridgehead atoms. The summed E-state index contributed by atoms with van der Waals surface area (Å²) in [5, 5.41) is 2.23. The molecule has 0 fully saturated rings. The van der Waals surface area contributed by atoms with Crippen LogP contribution in [0.5, 0.6) is 11.5 Å². The van der Waals surface area contributed by atoms with Crippen LogP contribution in [0.4, 0.5) is 0 Å². The van der Waals surface area contributed by atoms with Gasteiger partial charge in [0, 0.05) is 35.1 Å². The molecular weight excluding hydrogens is 800 g/mol. The molecule has 9 rings (SSSR count). The Labute approximate surface area is 304 Å². The van der Waals surface area contributed by atoms with E-state index in [2.05, 4.69) is 127 Å². The van der Waals surface area contributed by atoms with Crippen LogP contribution < -0.4 is 4.74 Å². The molecule has 0 aliphatic rings. The Kier molecular flexibility index (Phi) is 7.65. The summed E-state index contributed by atoms with van der Waals surface area (Å²) in [5.41, 5.74) is 8.74. The van der Waals surface area contributed by atoms with Crippen molar-refractivity contribution >= 4 is 49.8 Å². The summed E-state index contributed by atoms with van der Waals surface area (Å²) in [4.78, 5) is 14.8. The molecule has 0 radical (unpaired) electrons. The van der Waals surface area contributed by atoms with E-state index in [1.165, 1.54) is 5.56 Å². The fourth-order valence-electron chi connectivity index (χ4n) is 6.73. The van der Waals surface area contributed by atoms with Crippen LogP contribution in [0.3, 0.4) is 0 Å². The van der Waals surface area contributed by atoms with Gasteiger partial charge in [-0.2, -0.15) is 6.07 Å². The van der Waals surface area contributed by atoms with Gasteiger partial charge in [-0.1, -0.05) is 76.5 Å². The van der Waals surface area contributed by atoms with Gasteiger partial charge in [0.15, 0.2) is 5.65 Å². The Balaban J connectivity index is 0.00000361. The first-order valence-corrected chi connectivity index (χ1v) is 16.6. The van der Waals surface area contributed by atoms with Crippen LogP contribution in [0.15, 0.2) is 109 Å². The van der Waals surface area contributed by atoms with Crippen LogP contribution in [0.25, 0.3) is 61.3 Å². The van der Waals surface area contributed by atoms with Gasteiger partial charge in [0.2, 0.25) is 5.78 Å². The standard InChI is InChI=1S/C42H34N6O.Pt/c1-26(2)27-19-20-43-39(21-27)47-35-14-10-9-13-32(35)33-17-15-30(23-37(33)47)49-31-16-18-36-38(24-31)48-40-34(22-28(25-44-40)42(3,4)5)45-41(48)46(36)29-11-7-6-8-12-29;/h6-22,25-26H,1-5H3;/q-2;+2. The summed E-state index contributed by atoms with van der Waals surface area (Å²) in [6.45, 7) is 11.0. The van der Waals surface area contributed by atoms with E-state index in [1.807, 2.05) is 42.7 Å². The van der Waals surface area contributed by atoms with Crippen molar-refractivity contribution in [3.63, 3.8) is 0 Å². The van der Waals surface area contributed by atoms with Crippen LogP contribution in [0, 0.1) is 12.1 Å². The monoisotopic (exact) mass is 833 g/mol. The van der Waals surface area contributed by atoms with Crippen LogP contribution >= 0.6 is 0 Å². The van der Waals surface area contributed by atoms with E-state index in [4.69, 9.17) is 19.7 Å². The second kappa shape index (κ2) is 12.0. The summed E-state index contributed by atoms with van der Waals surface area (Å²) in [7, 11) is 0. The number of aromatic nitrogens is 6. The van der Waals surface area contributed by atoms with E-state index < -0.39 is 0 Å². The molecule has 4 aromatic carbocycles. The predicted molar refractivity (Wildman–Crippen MR) is 196 cm³/mol. The molecule has 0 saturated carbocycles. The van der Waals surface area contributed by atoms with Gasteiger partial charge in [-0.15, -0.1) is 35.7 Å². The molecule has 0 unspecified atom stereocenters. The van der Waals surface area contributed by atoms with Gasteiger partial charge in [-0.05, 0) is 75.3 Å². The first kappa shape index (κ1) is 32.0. The third-order valence-electron chi connectivity index (χ3n) is 9.34. The summed E-state index contributed by atoms with van der Waals surface area (Å²) >= 11 is 0. The van der Waals surface area contributed by atoms with E-state index in [-0.39, 0.29) is 26.5 Å². The van der Waals surface area contributed by atoms with Crippen LogP contribution in [-0.4, -0.2) is 28.5 Å². The van der Waals surface area contributed by atoms with Crippen molar-refractivity contribution in [2.75, 3.05) is 0 Å². The van der Waals surface area contributed by atoms with E-state index in [0.29, 0.717) is 17.4 Å². The zero-order valence-electron chi connectivity index (χ0n) is 28.4. The van der Waals surface area contributed by atoms with Crippen molar-refractivity contribution in [1.29, 1.82) is 0 Å². The molecule has 50 heavy (non-hydrogen) atoms. The quantitative estimate of drug-likeness (QED) is 0.162. The molecule has 248 valence electrons. The number of ether oxygens (including phenoxy) is 1. The Morgan fingerprint density at radius 1 is 0.720 bits per heavy atom. The molecule has 9 aromatic rings. The molecular formula is C42H34N6OPt. The Morgan fingerprint density at radius 2 is 1.46 bits per heavy atom. The minimum atomic E-state index is -0.0456. The zero-order chi connectivity index (χ0) is 33.4. The Hall–Kier alpha value is -5.26. The number of pyridine rings is 2. The van der Waals surface area contributed by atoms with Gasteiger partial charge in [-0.25, -0.2) is 15.0 Å². The van der Waals surface area contributed by atoms with Gasteiger partial charge >= 0.3 is 21.1 Å². The second-order valence-electron chi connectivity index (χ2n) is 13.9. The number of hydrogen-bond donors (Lipinski definition) is 0. The fraction of sp³-hybridized carbons (Fsp3) is 0.167. The molecule has 0 aliphatic heterocycles. The number of nitrogens with zero attached hydrogens (tertiary/aromatic N) is 6. The van der Waals surface area contributed by atoms with Gasteiger partial charge in [0.1, 0.15) is 11.3 Å². The normalized spacial score (nSPS) is 12.1. The van der Waals surface area contributed by atoms with Crippen molar-refractivity contribution in [3.05, 3.63) is 133 Å². The molecule has 0 N–H and O–H groups in total. The zero-order valence-corrected chi connectivity index (χ0v) is 30.6. The third-order valence-corrected chi connectivity index (χ3v) is 9.34. The van der Waals surface area contributed by atoms with Crippen molar-refractivity contribution < 1.29 is 25.8 Å². The number of imidazole rings is 2. The Morgan fingerprint density at radius 3 is 2.24 bits per heavy atom. The smallest absolute Gasteiger partial charge is 0.509 e. The fourth-order valence-corrected chi connectivity index (χ4v) is 6.73. The number of benzene rings is 4. The van der Waals surface area contributed by atoms with Crippen molar-refractivity contribution in [2.45, 2.75) is 46.0 Å². The van der Waals surface area contributed by atoms with E-state index in [9.17, 15) is 0 Å². The number of para-hydroxylation sites is 2. The minimum absolute atomic E-state index is 0. The molecule has 5 aromatic heterocycles. The average Bonchev–Trinajstić information content (AvgIpc) is 3.74. The maximum atomic E-state index is 6.55. The number of rotatable bonds is 5. The van der Waals surface area contributed by atoms with Crippen LogP contribution in [-0.2, 0) is 26.5 Å². The minimum Gasteiger partial charge on any atom is -0.509 e. The van der Waals surface area contributed by atoms with E-state index in [1.54, 1.807) is 0 Å². The molecule has 7 nitrogen and oxygen atoms in total. The van der Waals surface area contributed by atoms with Crippen molar-refractivity contribution in [2.24, 2.45) is 0 Å². The maximum absolute atomic E-state index is 6.55. The van der Waals surface area contributed by atoms with Gasteiger partial charge in [0.05, 0.1) is 0 Å². The van der Waals surface area contributed by atoms with Crippen LogP contribution in [0.2, 0.25) is 0 Å². The molecule has 5 heterocycles. The summed E-state index contributed by atoms with van der Waals surface area (Å²) in [6, 6.07) is 40.3. The SMILES string of the molecule is CC(C)c1ccnc(-n2c3[c-]c(Oc4[c-]c5c(cc4)n(-c4ccccc4)c4nc6cc(C(C)(C)C)cnc6n54)ccc3c3ccccc32)c1.[Pt+2]. The average molecular weight is 834 g/mol. The molecule has 0 spiro atoms. The third kappa shape index (κ3) is 5.11. The van der Waals surface area contributed by atoms with E-state index in [0.717, 1.165) is 66.8 Å². The number of fused-ring (bicyclic) bond motifs is 8. The summed E-state index contributed by atoms with van der Waals surface area (Å²) in [6.07, 6.45) is 3.84. The maximum Gasteiger partial charge on any atom is 2.00 e. The molecule has 0 aliphatic carbocycles. The molecule has 0 amide bonds. The summed E-state index contributed by atoms with van der Waals surface area (Å²) in [5.74, 6) is 3.18. The first-order valence-electron chi connectivity index (χ1n) is 16.6. The van der Waals surface area contributed by atoms with Gasteiger partial charge < -0.3 is 13.9 Å². The van der Waals surface area contributed by atoms with Crippen molar-refractivity contribution in [1.82, 2.24) is 28.5 Å². The topological polar surface area (TPSA) is 62.2 Å². The summed E-state index contributed by atoms with van der Waals surface area (Å²) < 4.78 is 13.0. The van der Waals surface area contributed by atoms with Gasteiger partial charge in [0.25, 0.3) is 0 Å². The van der Waals surface area contributed by atoms with E-state index >= 15 is 0 Å². The molecule has 8 heteroatoms.